The molecule has 2 saturated heterocycles. The maximum atomic E-state index is 5.68. The number of guanidine groups is 1. The Morgan fingerprint density at radius 3 is 2.68 bits per heavy atom. The maximum Gasteiger partial charge on any atom is 0.193 e. The van der Waals surface area contributed by atoms with Crippen LogP contribution < -0.4 is 5.32 Å². The van der Waals surface area contributed by atoms with Gasteiger partial charge in [-0.15, -0.1) is 11.3 Å². The van der Waals surface area contributed by atoms with Gasteiger partial charge in [-0.05, 0) is 64.5 Å². The molecule has 0 saturated carbocycles. The Balaban J connectivity index is 1.38. The summed E-state index contributed by atoms with van der Waals surface area (Å²) in [5.41, 5.74) is 1.56. The van der Waals surface area contributed by atoms with Gasteiger partial charge in [-0.1, -0.05) is 0 Å². The Labute approximate surface area is 173 Å². The Kier molecular flexibility index (Phi) is 6.53. The minimum Gasteiger partial charge on any atom is -0.381 e. The molecule has 1 aliphatic carbocycles. The molecule has 28 heavy (non-hydrogen) atoms. The molecule has 156 valence electrons. The molecule has 0 atom stereocenters. The lowest BCUT2D eigenvalue weighted by atomic mass is 9.88. The van der Waals surface area contributed by atoms with Crippen molar-refractivity contribution in [3.8, 4) is 0 Å². The molecule has 7 heteroatoms. The number of nitrogens with one attached hydrogen (secondary N) is 1. The van der Waals surface area contributed by atoms with Crippen LogP contribution in [-0.2, 0) is 24.1 Å². The molecule has 0 spiro atoms. The topological polar surface area (TPSA) is 53.0 Å². The summed E-state index contributed by atoms with van der Waals surface area (Å²) in [5, 5.41) is 4.91. The second-order valence-corrected chi connectivity index (χ2v) is 9.64. The number of rotatable bonds is 5. The molecular formula is C21H35N5OS. The number of aromatic nitrogens is 1. The van der Waals surface area contributed by atoms with Crippen molar-refractivity contribution in [2.24, 2.45) is 4.99 Å². The molecule has 1 aromatic rings. The number of hydrogen-bond donors (Lipinski definition) is 1. The molecule has 0 unspecified atom stereocenters. The lowest BCUT2D eigenvalue weighted by Gasteiger charge is -2.45. The SMILES string of the molecule is CN=C(NCC1(N2CCCC2)CCOCC1)N(C)Cc1nc2c(s1)CCCC2. The average molecular weight is 406 g/mol. The van der Waals surface area contributed by atoms with Gasteiger partial charge in [0, 0.05) is 44.3 Å². The second-order valence-electron chi connectivity index (χ2n) is 8.47. The van der Waals surface area contributed by atoms with Crippen molar-refractivity contribution >= 4 is 17.3 Å². The fourth-order valence-electron chi connectivity index (χ4n) is 4.93. The normalized spacial score (nSPS) is 22.9. The smallest absolute Gasteiger partial charge is 0.193 e. The molecule has 0 radical (unpaired) electrons. The maximum absolute atomic E-state index is 5.68. The van der Waals surface area contributed by atoms with E-state index in [0.29, 0.717) is 0 Å². The van der Waals surface area contributed by atoms with Gasteiger partial charge in [-0.2, -0.15) is 0 Å². The van der Waals surface area contributed by atoms with Gasteiger partial charge in [0.05, 0.1) is 12.2 Å². The zero-order chi connectivity index (χ0) is 19.4. The van der Waals surface area contributed by atoms with Gasteiger partial charge < -0.3 is 15.0 Å². The van der Waals surface area contributed by atoms with Gasteiger partial charge in [0.1, 0.15) is 5.01 Å². The zero-order valence-corrected chi connectivity index (χ0v) is 18.3. The summed E-state index contributed by atoms with van der Waals surface area (Å²) in [7, 11) is 4.01. The van der Waals surface area contributed by atoms with E-state index >= 15 is 0 Å². The quantitative estimate of drug-likeness (QED) is 0.603. The average Bonchev–Trinajstić information content (AvgIpc) is 3.39. The van der Waals surface area contributed by atoms with Gasteiger partial charge in [0.25, 0.3) is 0 Å². The summed E-state index contributed by atoms with van der Waals surface area (Å²) >= 11 is 1.90. The van der Waals surface area contributed by atoms with Crippen molar-refractivity contribution in [2.75, 3.05) is 46.9 Å². The van der Waals surface area contributed by atoms with Crippen LogP contribution in [0.5, 0.6) is 0 Å². The fourth-order valence-corrected chi connectivity index (χ4v) is 6.14. The highest BCUT2D eigenvalue weighted by Crippen LogP contribution is 2.31. The molecule has 3 aliphatic rings. The number of aryl methyl sites for hydroxylation is 2. The molecular weight excluding hydrogens is 370 g/mol. The van der Waals surface area contributed by atoms with Gasteiger partial charge in [0.2, 0.25) is 0 Å². The number of thiazole rings is 1. The monoisotopic (exact) mass is 405 g/mol. The van der Waals surface area contributed by atoms with Crippen LogP contribution >= 0.6 is 11.3 Å². The van der Waals surface area contributed by atoms with Crippen molar-refractivity contribution in [3.63, 3.8) is 0 Å². The van der Waals surface area contributed by atoms with Crippen molar-refractivity contribution in [1.82, 2.24) is 20.1 Å². The Morgan fingerprint density at radius 2 is 1.96 bits per heavy atom. The number of nitrogens with zero attached hydrogens (tertiary/aromatic N) is 4. The van der Waals surface area contributed by atoms with E-state index in [2.05, 4.69) is 27.2 Å². The van der Waals surface area contributed by atoms with Crippen LogP contribution in [0.25, 0.3) is 0 Å². The summed E-state index contributed by atoms with van der Waals surface area (Å²) < 4.78 is 5.68. The third kappa shape index (κ3) is 4.36. The van der Waals surface area contributed by atoms with E-state index < -0.39 is 0 Å². The van der Waals surface area contributed by atoms with Gasteiger partial charge in [-0.25, -0.2) is 4.98 Å². The summed E-state index contributed by atoms with van der Waals surface area (Å²) in [6.07, 6.45) is 9.85. The van der Waals surface area contributed by atoms with Gasteiger partial charge in [-0.3, -0.25) is 9.89 Å². The molecule has 0 amide bonds. The van der Waals surface area contributed by atoms with Crippen LogP contribution in [0.3, 0.4) is 0 Å². The Hall–Kier alpha value is -1.18. The molecule has 0 bridgehead atoms. The van der Waals surface area contributed by atoms with Crippen LogP contribution in [0.1, 0.15) is 54.1 Å². The van der Waals surface area contributed by atoms with E-state index in [0.717, 1.165) is 51.5 Å². The van der Waals surface area contributed by atoms with E-state index in [4.69, 9.17) is 9.72 Å². The van der Waals surface area contributed by atoms with E-state index in [1.54, 1.807) is 0 Å². The minimum absolute atomic E-state index is 0.214. The van der Waals surface area contributed by atoms with Crippen molar-refractivity contribution < 1.29 is 4.74 Å². The van der Waals surface area contributed by atoms with E-state index in [1.165, 1.54) is 60.8 Å². The van der Waals surface area contributed by atoms with Crippen molar-refractivity contribution in [1.29, 1.82) is 0 Å². The zero-order valence-electron chi connectivity index (χ0n) is 17.5. The fraction of sp³-hybridized carbons (Fsp3) is 0.810. The summed E-state index contributed by atoms with van der Waals surface area (Å²) in [4.78, 5) is 15.9. The highest BCUT2D eigenvalue weighted by Gasteiger charge is 2.39. The first-order chi connectivity index (χ1) is 13.7. The van der Waals surface area contributed by atoms with Crippen molar-refractivity contribution in [2.45, 2.75) is 63.5 Å². The van der Waals surface area contributed by atoms with Crippen LogP contribution in [0.2, 0.25) is 0 Å². The molecule has 1 aromatic heterocycles. The van der Waals surface area contributed by atoms with Crippen LogP contribution in [0.4, 0.5) is 0 Å². The van der Waals surface area contributed by atoms with Crippen LogP contribution in [0, 0.1) is 0 Å². The standard InChI is InChI=1S/C21H35N5OS/c1-22-20(25(2)15-19-24-17-7-3-4-8-18(17)28-19)23-16-21(9-13-27-14-10-21)26-11-5-6-12-26/h3-16H2,1-2H3,(H,22,23). The molecule has 1 N–H and O–H groups in total. The van der Waals surface area contributed by atoms with Crippen LogP contribution in [-0.4, -0.2) is 73.2 Å². The first kappa shape index (κ1) is 20.1. The second kappa shape index (κ2) is 9.09. The lowest BCUT2D eigenvalue weighted by molar-refractivity contribution is -0.0166. The number of hydrogen-bond acceptors (Lipinski definition) is 5. The number of likely N-dealkylation sites (tertiary alicyclic amines) is 1. The van der Waals surface area contributed by atoms with E-state index in [9.17, 15) is 0 Å². The molecule has 4 rings (SSSR count). The largest absolute Gasteiger partial charge is 0.381 e. The number of ether oxygens (including phenoxy) is 1. The van der Waals surface area contributed by atoms with Gasteiger partial charge >= 0.3 is 0 Å². The number of fused-ring (bicyclic) bond motifs is 1. The first-order valence-electron chi connectivity index (χ1n) is 10.9. The third-order valence-corrected chi connectivity index (χ3v) is 7.75. The first-order valence-corrected chi connectivity index (χ1v) is 11.7. The highest BCUT2D eigenvalue weighted by molar-refractivity contribution is 7.11. The minimum atomic E-state index is 0.214. The Bertz CT molecular complexity index is 653. The van der Waals surface area contributed by atoms with E-state index in [1.807, 2.05) is 18.4 Å². The summed E-state index contributed by atoms with van der Waals surface area (Å²) in [5.74, 6) is 0.971. The van der Waals surface area contributed by atoms with Crippen molar-refractivity contribution in [3.05, 3.63) is 15.6 Å². The summed E-state index contributed by atoms with van der Waals surface area (Å²) in [6, 6.07) is 0. The predicted octanol–water partition coefficient (Wildman–Crippen LogP) is 2.67. The van der Waals surface area contributed by atoms with E-state index in [-0.39, 0.29) is 5.54 Å². The Morgan fingerprint density at radius 1 is 1.21 bits per heavy atom. The molecule has 2 aliphatic heterocycles. The lowest BCUT2D eigenvalue weighted by Crippen LogP contribution is -2.58. The summed E-state index contributed by atoms with van der Waals surface area (Å²) in [6.45, 7) is 5.97. The third-order valence-electron chi connectivity index (χ3n) is 6.61. The predicted molar refractivity (Wildman–Crippen MR) is 115 cm³/mol. The van der Waals surface area contributed by atoms with Crippen LogP contribution in [0.15, 0.2) is 4.99 Å². The molecule has 2 fully saturated rings. The highest BCUT2D eigenvalue weighted by atomic mass is 32.1. The van der Waals surface area contributed by atoms with Gasteiger partial charge in [0.15, 0.2) is 5.96 Å². The molecule has 0 aromatic carbocycles. The molecule has 3 heterocycles. The number of aliphatic imine (C=N–C) groups is 1. The molecule has 6 nitrogen and oxygen atoms in total.